The number of methoxy groups -OCH3 is 1. The normalized spacial score (nSPS) is 25.5. The highest BCUT2D eigenvalue weighted by atomic mass is 16.5. The Balaban J connectivity index is 1.73. The van der Waals surface area contributed by atoms with E-state index in [1.807, 2.05) is 25.1 Å². The van der Waals surface area contributed by atoms with Gasteiger partial charge in [-0.3, -0.25) is 4.79 Å². The Morgan fingerprint density at radius 3 is 2.67 bits per heavy atom. The highest BCUT2D eigenvalue weighted by molar-refractivity contribution is 5.77. The average molecular weight is 420 g/mol. The van der Waals surface area contributed by atoms with Crippen molar-refractivity contribution in [2.75, 3.05) is 33.4 Å². The molecule has 1 aromatic rings. The van der Waals surface area contributed by atoms with Gasteiger partial charge in [0.05, 0.1) is 19.8 Å². The fourth-order valence-corrected chi connectivity index (χ4v) is 5.09. The number of rotatable bonds is 9. The van der Waals surface area contributed by atoms with Crippen LogP contribution in [0.5, 0.6) is 11.5 Å². The van der Waals surface area contributed by atoms with Crippen molar-refractivity contribution in [3.63, 3.8) is 0 Å². The number of carbonyl (C=O) groups excluding carboxylic acids is 1. The molecule has 6 heteroatoms. The number of hydrogen-bond donors (Lipinski definition) is 2. The van der Waals surface area contributed by atoms with E-state index in [-0.39, 0.29) is 11.8 Å². The predicted molar refractivity (Wildman–Crippen MR) is 116 cm³/mol. The Labute approximate surface area is 180 Å². The zero-order chi connectivity index (χ0) is 21.7. The van der Waals surface area contributed by atoms with Crippen molar-refractivity contribution < 1.29 is 24.5 Å². The van der Waals surface area contributed by atoms with Crippen LogP contribution in [0.2, 0.25) is 0 Å². The smallest absolute Gasteiger partial charge is 0.248 e. The van der Waals surface area contributed by atoms with E-state index < -0.39 is 18.1 Å². The summed E-state index contributed by atoms with van der Waals surface area (Å²) < 4.78 is 11.6. The van der Waals surface area contributed by atoms with Gasteiger partial charge in [0.1, 0.15) is 6.61 Å². The second-order valence-electron chi connectivity index (χ2n) is 9.22. The molecule has 1 aliphatic heterocycles. The van der Waals surface area contributed by atoms with Crippen LogP contribution in [0.15, 0.2) is 18.2 Å². The highest BCUT2D eigenvalue weighted by Crippen LogP contribution is 2.46. The molecule has 168 valence electrons. The van der Waals surface area contributed by atoms with Gasteiger partial charge >= 0.3 is 0 Å². The number of benzene rings is 1. The van der Waals surface area contributed by atoms with Crippen molar-refractivity contribution in [1.82, 2.24) is 4.90 Å². The molecule has 0 bridgehead atoms. The van der Waals surface area contributed by atoms with Gasteiger partial charge in [0, 0.05) is 24.4 Å². The zero-order valence-electron chi connectivity index (χ0n) is 18.6. The lowest BCUT2D eigenvalue weighted by Crippen LogP contribution is -2.38. The first-order valence-corrected chi connectivity index (χ1v) is 11.3. The molecule has 0 spiro atoms. The standard InChI is InChI=1S/C24H37NO5/c1-17(27)24(2)16-25(23(28)15-26)14-20(24)19-10-11-21(29-3)22(13-19)30-12-6-9-18-7-4-5-8-18/h10-11,13,17-18,20,26-27H,4-9,12,14-16H2,1-3H3. The molecule has 1 saturated heterocycles. The van der Waals surface area contributed by atoms with Crippen molar-refractivity contribution in [3.05, 3.63) is 23.8 Å². The predicted octanol–water partition coefficient (Wildman–Crippen LogP) is 3.35. The molecule has 6 nitrogen and oxygen atoms in total. The minimum Gasteiger partial charge on any atom is -0.493 e. The van der Waals surface area contributed by atoms with Gasteiger partial charge in [-0.2, -0.15) is 0 Å². The molecular formula is C24H37NO5. The van der Waals surface area contributed by atoms with E-state index in [0.717, 1.165) is 17.9 Å². The van der Waals surface area contributed by atoms with E-state index in [9.17, 15) is 15.0 Å². The second kappa shape index (κ2) is 10.0. The lowest BCUT2D eigenvalue weighted by atomic mass is 9.72. The fraction of sp³-hybridized carbons (Fsp3) is 0.708. The maximum absolute atomic E-state index is 12.1. The van der Waals surface area contributed by atoms with Gasteiger partial charge in [-0.15, -0.1) is 0 Å². The lowest BCUT2D eigenvalue weighted by Gasteiger charge is -2.33. The number of hydrogen-bond acceptors (Lipinski definition) is 5. The topological polar surface area (TPSA) is 79.2 Å². The number of carbonyl (C=O) groups is 1. The summed E-state index contributed by atoms with van der Waals surface area (Å²) in [4.78, 5) is 13.7. The van der Waals surface area contributed by atoms with Gasteiger partial charge < -0.3 is 24.6 Å². The van der Waals surface area contributed by atoms with E-state index in [1.54, 1.807) is 18.9 Å². The molecule has 3 unspecified atom stereocenters. The van der Waals surface area contributed by atoms with Crippen LogP contribution in [0, 0.1) is 11.3 Å². The molecule has 3 rings (SSSR count). The molecule has 0 aromatic heterocycles. The molecular weight excluding hydrogens is 382 g/mol. The van der Waals surface area contributed by atoms with Crippen LogP contribution in [0.4, 0.5) is 0 Å². The van der Waals surface area contributed by atoms with E-state index in [1.165, 1.54) is 32.1 Å². The molecule has 1 aromatic carbocycles. The minimum atomic E-state index is -0.600. The third-order valence-electron chi connectivity index (χ3n) is 7.25. The van der Waals surface area contributed by atoms with Gasteiger partial charge in [0.15, 0.2) is 11.5 Å². The molecule has 3 atom stereocenters. The zero-order valence-corrected chi connectivity index (χ0v) is 18.6. The maximum atomic E-state index is 12.1. The number of amides is 1. The van der Waals surface area contributed by atoms with Crippen LogP contribution < -0.4 is 9.47 Å². The first-order valence-electron chi connectivity index (χ1n) is 11.3. The first kappa shape index (κ1) is 22.9. The van der Waals surface area contributed by atoms with Crippen molar-refractivity contribution in [2.24, 2.45) is 11.3 Å². The SMILES string of the molecule is COc1ccc(C2CN(C(=O)CO)CC2(C)C(C)O)cc1OCCCC1CCCC1. The minimum absolute atomic E-state index is 0.0558. The third kappa shape index (κ3) is 4.92. The Morgan fingerprint density at radius 1 is 1.30 bits per heavy atom. The van der Waals surface area contributed by atoms with Crippen molar-refractivity contribution in [2.45, 2.75) is 64.4 Å². The number of likely N-dealkylation sites (tertiary alicyclic amines) is 1. The Hall–Kier alpha value is -1.79. The highest BCUT2D eigenvalue weighted by Gasteiger charge is 2.48. The Morgan fingerprint density at radius 2 is 2.03 bits per heavy atom. The van der Waals surface area contributed by atoms with Crippen LogP contribution in [0.1, 0.15) is 63.9 Å². The number of nitrogens with zero attached hydrogens (tertiary/aromatic N) is 1. The van der Waals surface area contributed by atoms with Crippen LogP contribution in [-0.2, 0) is 4.79 Å². The molecule has 2 N–H and O–H groups in total. The lowest BCUT2D eigenvalue weighted by molar-refractivity contribution is -0.133. The largest absolute Gasteiger partial charge is 0.493 e. The summed E-state index contributed by atoms with van der Waals surface area (Å²) >= 11 is 0. The van der Waals surface area contributed by atoms with Crippen LogP contribution in [0.25, 0.3) is 0 Å². The van der Waals surface area contributed by atoms with E-state index >= 15 is 0 Å². The summed E-state index contributed by atoms with van der Waals surface area (Å²) in [6.45, 7) is 4.79. The monoisotopic (exact) mass is 419 g/mol. The summed E-state index contributed by atoms with van der Waals surface area (Å²) in [7, 11) is 1.64. The van der Waals surface area contributed by atoms with Gasteiger partial charge in [-0.25, -0.2) is 0 Å². The Kier molecular flexibility index (Phi) is 7.64. The van der Waals surface area contributed by atoms with Crippen molar-refractivity contribution in [1.29, 1.82) is 0 Å². The number of aliphatic hydroxyl groups excluding tert-OH is 2. The van der Waals surface area contributed by atoms with Crippen LogP contribution >= 0.6 is 0 Å². The van der Waals surface area contributed by atoms with E-state index in [2.05, 4.69) is 0 Å². The molecule has 0 radical (unpaired) electrons. The average Bonchev–Trinajstić information content (AvgIpc) is 3.39. The maximum Gasteiger partial charge on any atom is 0.248 e. The summed E-state index contributed by atoms with van der Waals surface area (Å²) in [6.07, 6.45) is 7.07. The van der Waals surface area contributed by atoms with E-state index in [0.29, 0.717) is 31.2 Å². The molecule has 30 heavy (non-hydrogen) atoms. The number of ether oxygens (including phenoxy) is 2. The first-order chi connectivity index (χ1) is 14.4. The number of aliphatic hydroxyl groups is 2. The van der Waals surface area contributed by atoms with Crippen molar-refractivity contribution in [3.8, 4) is 11.5 Å². The Bertz CT molecular complexity index is 716. The fourth-order valence-electron chi connectivity index (χ4n) is 5.09. The second-order valence-corrected chi connectivity index (χ2v) is 9.22. The quantitative estimate of drug-likeness (QED) is 0.600. The molecule has 1 saturated carbocycles. The third-order valence-corrected chi connectivity index (χ3v) is 7.25. The molecule has 1 amide bonds. The summed E-state index contributed by atoms with van der Waals surface area (Å²) in [6, 6.07) is 5.88. The van der Waals surface area contributed by atoms with Crippen molar-refractivity contribution >= 4 is 5.91 Å². The van der Waals surface area contributed by atoms with Gasteiger partial charge in [0.25, 0.3) is 0 Å². The van der Waals surface area contributed by atoms with Crippen LogP contribution in [0.3, 0.4) is 0 Å². The summed E-state index contributed by atoms with van der Waals surface area (Å²) in [5.74, 6) is 1.89. The summed E-state index contributed by atoms with van der Waals surface area (Å²) in [5, 5.41) is 19.8. The van der Waals surface area contributed by atoms with Gasteiger partial charge in [-0.1, -0.05) is 38.7 Å². The van der Waals surface area contributed by atoms with Gasteiger partial charge in [0.2, 0.25) is 5.91 Å². The molecule has 1 heterocycles. The van der Waals surface area contributed by atoms with Gasteiger partial charge in [-0.05, 0) is 43.4 Å². The molecule has 2 fully saturated rings. The molecule has 1 aliphatic carbocycles. The molecule has 2 aliphatic rings. The van der Waals surface area contributed by atoms with E-state index in [4.69, 9.17) is 9.47 Å². The van der Waals surface area contributed by atoms with Crippen LogP contribution in [-0.4, -0.2) is 60.5 Å². The summed E-state index contributed by atoms with van der Waals surface area (Å²) in [5.41, 5.74) is 0.511.